The topological polar surface area (TPSA) is 17.1 Å². The van der Waals surface area contributed by atoms with Gasteiger partial charge in [-0.05, 0) is 17.0 Å². The number of aldehydes is 1. The number of thiophene rings is 1. The zero-order valence-electron chi connectivity index (χ0n) is 8.39. The average Bonchev–Trinajstić information content (AvgIpc) is 2.84. The predicted octanol–water partition coefficient (Wildman–Crippen LogP) is 3.95. The summed E-state index contributed by atoms with van der Waals surface area (Å²) in [5.41, 5.74) is 1.76. The van der Waals surface area contributed by atoms with E-state index in [-0.39, 0.29) is 5.03 Å². The summed E-state index contributed by atoms with van der Waals surface area (Å²) in [4.78, 5) is 11.8. The van der Waals surface area contributed by atoms with Crippen molar-refractivity contribution in [2.24, 2.45) is 0 Å². The molecule has 0 aliphatic carbocycles. The molecule has 0 saturated carbocycles. The standard InChI is InChI=1S/C13H9ClOS/c14-11(9-15)13(12-7-4-8-16-12)10-5-2-1-3-6-10/h1-9H. The van der Waals surface area contributed by atoms with Crippen LogP contribution in [0.4, 0.5) is 0 Å². The van der Waals surface area contributed by atoms with Crippen molar-refractivity contribution in [3.05, 3.63) is 63.3 Å². The molecule has 1 nitrogen and oxygen atoms in total. The van der Waals surface area contributed by atoms with Gasteiger partial charge in [0.2, 0.25) is 0 Å². The first kappa shape index (κ1) is 11.1. The highest BCUT2D eigenvalue weighted by Gasteiger charge is 2.10. The molecule has 0 radical (unpaired) electrons. The number of benzene rings is 1. The lowest BCUT2D eigenvalue weighted by atomic mass is 10.0. The molecule has 0 amide bonds. The summed E-state index contributed by atoms with van der Waals surface area (Å²) in [6, 6.07) is 13.6. The van der Waals surface area contributed by atoms with Crippen LogP contribution in [0.2, 0.25) is 0 Å². The summed E-state index contributed by atoms with van der Waals surface area (Å²) in [7, 11) is 0. The normalized spacial score (nSPS) is 12.1. The van der Waals surface area contributed by atoms with Crippen LogP contribution in [0.3, 0.4) is 0 Å². The quantitative estimate of drug-likeness (QED) is 0.594. The van der Waals surface area contributed by atoms with Gasteiger partial charge in [0.15, 0.2) is 6.29 Å². The van der Waals surface area contributed by atoms with Crippen LogP contribution < -0.4 is 0 Å². The first-order valence-corrected chi connectivity index (χ1v) is 6.03. The second-order valence-electron chi connectivity index (χ2n) is 3.18. The molecule has 0 bridgehead atoms. The lowest BCUT2D eigenvalue weighted by Crippen LogP contribution is -1.88. The number of allylic oxidation sites excluding steroid dienone is 1. The van der Waals surface area contributed by atoms with Crippen molar-refractivity contribution in [1.29, 1.82) is 0 Å². The Kier molecular flexibility index (Phi) is 3.54. The van der Waals surface area contributed by atoms with E-state index >= 15 is 0 Å². The van der Waals surface area contributed by atoms with Gasteiger partial charge in [-0.1, -0.05) is 48.0 Å². The Morgan fingerprint density at radius 3 is 2.44 bits per heavy atom. The average molecular weight is 249 g/mol. The van der Waals surface area contributed by atoms with Crippen LogP contribution in [0.25, 0.3) is 5.57 Å². The van der Waals surface area contributed by atoms with Gasteiger partial charge in [0.05, 0.1) is 5.03 Å². The van der Waals surface area contributed by atoms with Gasteiger partial charge in [0, 0.05) is 10.5 Å². The molecule has 0 saturated heterocycles. The summed E-state index contributed by atoms with van der Waals surface area (Å²) in [5, 5.41) is 2.21. The first-order valence-electron chi connectivity index (χ1n) is 4.77. The highest BCUT2D eigenvalue weighted by Crippen LogP contribution is 2.30. The van der Waals surface area contributed by atoms with E-state index in [9.17, 15) is 4.79 Å². The van der Waals surface area contributed by atoms with Crippen LogP contribution in [0.1, 0.15) is 10.4 Å². The smallest absolute Gasteiger partial charge is 0.162 e. The van der Waals surface area contributed by atoms with Crippen molar-refractivity contribution in [2.75, 3.05) is 0 Å². The van der Waals surface area contributed by atoms with E-state index in [1.54, 1.807) is 11.3 Å². The molecule has 2 rings (SSSR count). The molecule has 1 aromatic heterocycles. The largest absolute Gasteiger partial charge is 0.297 e. The Balaban J connectivity index is 2.58. The molecule has 0 unspecified atom stereocenters. The van der Waals surface area contributed by atoms with Gasteiger partial charge in [-0.25, -0.2) is 0 Å². The van der Waals surface area contributed by atoms with E-state index in [1.165, 1.54) is 0 Å². The molecule has 2 aromatic rings. The number of carbonyl (C=O) groups is 1. The molecule has 0 spiro atoms. The lowest BCUT2D eigenvalue weighted by molar-refractivity contribution is -0.104. The zero-order valence-corrected chi connectivity index (χ0v) is 9.96. The Morgan fingerprint density at radius 1 is 1.12 bits per heavy atom. The third-order valence-corrected chi connectivity index (χ3v) is 3.34. The van der Waals surface area contributed by atoms with Gasteiger partial charge in [0.1, 0.15) is 0 Å². The van der Waals surface area contributed by atoms with Crippen molar-refractivity contribution >= 4 is 34.8 Å². The van der Waals surface area contributed by atoms with E-state index in [1.807, 2.05) is 47.8 Å². The summed E-state index contributed by atoms with van der Waals surface area (Å²) in [5.74, 6) is 0. The number of halogens is 1. The van der Waals surface area contributed by atoms with E-state index in [4.69, 9.17) is 11.6 Å². The van der Waals surface area contributed by atoms with Gasteiger partial charge >= 0.3 is 0 Å². The van der Waals surface area contributed by atoms with Gasteiger partial charge in [0.25, 0.3) is 0 Å². The fraction of sp³-hybridized carbons (Fsp3) is 0. The number of rotatable bonds is 3. The number of carbonyl (C=O) groups excluding carboxylic acids is 1. The SMILES string of the molecule is O=CC(Cl)=C(c1ccccc1)c1cccs1. The molecule has 16 heavy (non-hydrogen) atoms. The molecule has 0 atom stereocenters. The van der Waals surface area contributed by atoms with Crippen LogP contribution in [-0.2, 0) is 4.79 Å². The number of hydrogen-bond donors (Lipinski definition) is 0. The van der Waals surface area contributed by atoms with Crippen LogP contribution in [0, 0.1) is 0 Å². The Morgan fingerprint density at radius 2 is 1.88 bits per heavy atom. The van der Waals surface area contributed by atoms with E-state index in [0.717, 1.165) is 16.0 Å². The molecule has 80 valence electrons. The molecule has 3 heteroatoms. The zero-order chi connectivity index (χ0) is 11.4. The highest BCUT2D eigenvalue weighted by atomic mass is 35.5. The molecule has 0 N–H and O–H groups in total. The third-order valence-electron chi connectivity index (χ3n) is 2.17. The van der Waals surface area contributed by atoms with Crippen LogP contribution in [0.15, 0.2) is 52.9 Å². The van der Waals surface area contributed by atoms with Gasteiger partial charge in [-0.3, -0.25) is 4.79 Å². The monoisotopic (exact) mass is 248 g/mol. The van der Waals surface area contributed by atoms with Crippen molar-refractivity contribution in [2.45, 2.75) is 0 Å². The van der Waals surface area contributed by atoms with Crippen molar-refractivity contribution < 1.29 is 4.79 Å². The third kappa shape index (κ3) is 2.23. The summed E-state index contributed by atoms with van der Waals surface area (Å²) >= 11 is 7.54. The van der Waals surface area contributed by atoms with E-state index in [2.05, 4.69) is 0 Å². The number of hydrogen-bond acceptors (Lipinski definition) is 2. The maximum absolute atomic E-state index is 10.8. The second kappa shape index (κ2) is 5.10. The predicted molar refractivity (Wildman–Crippen MR) is 68.7 cm³/mol. The van der Waals surface area contributed by atoms with E-state index in [0.29, 0.717) is 6.29 Å². The molecule has 0 aliphatic rings. The van der Waals surface area contributed by atoms with Crippen molar-refractivity contribution in [3.63, 3.8) is 0 Å². The van der Waals surface area contributed by atoms with Gasteiger partial charge in [-0.15, -0.1) is 11.3 Å². The highest BCUT2D eigenvalue weighted by molar-refractivity contribution is 7.11. The molecule has 1 heterocycles. The summed E-state index contributed by atoms with van der Waals surface area (Å²) in [6.07, 6.45) is 0.684. The lowest BCUT2D eigenvalue weighted by Gasteiger charge is -2.05. The second-order valence-corrected chi connectivity index (χ2v) is 4.54. The Bertz CT molecular complexity index is 500. The maximum atomic E-state index is 10.8. The van der Waals surface area contributed by atoms with Crippen molar-refractivity contribution in [1.82, 2.24) is 0 Å². The molecular weight excluding hydrogens is 240 g/mol. The molecule has 0 aliphatic heterocycles. The molecular formula is C13H9ClOS. The minimum absolute atomic E-state index is 0.244. The Hall–Kier alpha value is -1.38. The maximum Gasteiger partial charge on any atom is 0.162 e. The summed E-state index contributed by atoms with van der Waals surface area (Å²) in [6.45, 7) is 0. The summed E-state index contributed by atoms with van der Waals surface area (Å²) < 4.78 is 0. The fourth-order valence-electron chi connectivity index (χ4n) is 1.48. The Labute approximate surface area is 103 Å². The van der Waals surface area contributed by atoms with E-state index < -0.39 is 0 Å². The van der Waals surface area contributed by atoms with Crippen molar-refractivity contribution in [3.8, 4) is 0 Å². The minimum atomic E-state index is 0.244. The minimum Gasteiger partial charge on any atom is -0.297 e. The molecule has 0 fully saturated rings. The van der Waals surface area contributed by atoms with Gasteiger partial charge < -0.3 is 0 Å². The first-order chi connectivity index (χ1) is 7.83. The van der Waals surface area contributed by atoms with Crippen LogP contribution in [-0.4, -0.2) is 6.29 Å². The fourth-order valence-corrected chi connectivity index (χ4v) is 2.56. The van der Waals surface area contributed by atoms with Crippen LogP contribution >= 0.6 is 22.9 Å². The van der Waals surface area contributed by atoms with Gasteiger partial charge in [-0.2, -0.15) is 0 Å². The molecule has 1 aromatic carbocycles. The van der Waals surface area contributed by atoms with Crippen LogP contribution in [0.5, 0.6) is 0 Å².